The first kappa shape index (κ1) is 10.6. The zero-order valence-corrected chi connectivity index (χ0v) is 8.74. The van der Waals surface area contributed by atoms with Crippen LogP contribution in [-0.4, -0.2) is 0 Å². The zero-order valence-electron chi connectivity index (χ0n) is 3.93. The van der Waals surface area contributed by atoms with Crippen LogP contribution in [0.1, 0.15) is 0 Å². The fourth-order valence-corrected chi connectivity index (χ4v) is 6.34. The van der Waals surface area contributed by atoms with Gasteiger partial charge in [-0.2, -0.15) is 4.52 Å². The molecule has 0 radical (unpaired) electrons. The number of nitrogens with one attached hydrogen (secondary N) is 1. The highest BCUT2D eigenvalue weighted by atomic mass is 35.9. The first-order chi connectivity index (χ1) is 3.71. The predicted molar refractivity (Wildman–Crippen MR) is 46.6 cm³/mol. The second kappa shape index (κ2) is 3.32. The number of nitrogens with zero attached hydrogens (tertiary/aromatic N) is 1. The highest BCUT2D eigenvalue weighted by molar-refractivity contribution is 8.17. The van der Waals surface area contributed by atoms with Gasteiger partial charge in [-0.25, -0.2) is 0 Å². The van der Waals surface area contributed by atoms with Crippen molar-refractivity contribution >= 4 is 56.8 Å². The minimum atomic E-state index is -3.06. The molecule has 0 aliphatic carbocycles. The average Bonchev–Trinajstić information content (AvgIpc) is 1.14. The average molecular weight is 249 g/mol. The Morgan fingerprint density at radius 2 is 1.56 bits per heavy atom. The molecule has 0 atom stereocenters. The van der Waals surface area contributed by atoms with Crippen molar-refractivity contribution in [2.75, 3.05) is 0 Å². The largest absolute Gasteiger partial charge is 0.273 e. The Hall–Kier alpha value is 1.58. The molecule has 0 saturated carbocycles. The van der Waals surface area contributed by atoms with Gasteiger partial charge in [0.25, 0.3) is 0 Å². The van der Waals surface area contributed by atoms with E-state index in [1.54, 1.807) is 0 Å². The molecule has 0 fully saturated rings. The Morgan fingerprint density at radius 1 is 1.22 bits per heavy atom. The summed E-state index contributed by atoms with van der Waals surface area (Å²) in [7, 11) is 0. The van der Waals surface area contributed by atoms with Gasteiger partial charge in [0.2, 0.25) is 11.8 Å². The van der Waals surface area contributed by atoms with E-state index in [4.69, 9.17) is 55.6 Å². The summed E-state index contributed by atoms with van der Waals surface area (Å²) in [4.78, 5) is 0. The number of nitrogens with two attached hydrogens (primary N) is 1. The van der Waals surface area contributed by atoms with Gasteiger partial charge in [-0.05, 0) is 45.0 Å². The molecule has 0 saturated heterocycles. The van der Waals surface area contributed by atoms with E-state index >= 15 is 0 Å². The van der Waals surface area contributed by atoms with Gasteiger partial charge in [-0.15, -0.1) is 0 Å². The molecular weight excluding hydrogens is 246 g/mol. The van der Waals surface area contributed by atoms with Crippen LogP contribution < -0.4 is 5.50 Å². The molecule has 3 N–H and O–H groups in total. The quantitative estimate of drug-likeness (QED) is 0.665. The molecule has 0 aromatic carbocycles. The molecular formula is H3Cl4N3P2. The first-order valence-electron chi connectivity index (χ1n) is 1.56. The Bertz CT molecular complexity index is 176. The maximum Gasteiger partial charge on any atom is 0.247 e. The Balaban J connectivity index is 4.53. The summed E-state index contributed by atoms with van der Waals surface area (Å²) in [5, 5.41) is 6.84. The summed E-state index contributed by atoms with van der Waals surface area (Å²) in [5.41, 5.74) is 5.04. The highest BCUT2D eigenvalue weighted by Gasteiger charge is 2.11. The third-order valence-corrected chi connectivity index (χ3v) is 4.52. The molecule has 9 heteroatoms. The zero-order chi connectivity index (χ0) is 7.71. The Morgan fingerprint density at radius 3 is 1.56 bits per heavy atom. The van der Waals surface area contributed by atoms with Crippen molar-refractivity contribution in [2.45, 2.75) is 0 Å². The van der Waals surface area contributed by atoms with Crippen LogP contribution in [-0.2, 0) is 0 Å². The normalized spacial score (nSPS) is 13.4. The van der Waals surface area contributed by atoms with Crippen molar-refractivity contribution < 1.29 is 0 Å². The van der Waals surface area contributed by atoms with Crippen molar-refractivity contribution in [3.63, 3.8) is 0 Å². The van der Waals surface area contributed by atoms with Crippen LogP contribution in [0.4, 0.5) is 0 Å². The van der Waals surface area contributed by atoms with E-state index in [0.717, 1.165) is 0 Å². The van der Waals surface area contributed by atoms with Crippen molar-refractivity contribution in [1.29, 1.82) is 5.16 Å². The molecule has 0 spiro atoms. The van der Waals surface area contributed by atoms with E-state index in [1.165, 1.54) is 0 Å². The molecule has 0 aromatic heterocycles. The van der Waals surface area contributed by atoms with Crippen LogP contribution in [0.15, 0.2) is 4.52 Å². The molecule has 56 valence electrons. The molecule has 0 amide bonds. The number of hydrogen-bond acceptors (Lipinski definition) is 1. The number of halogens is 4. The topological polar surface area (TPSA) is 62.2 Å². The van der Waals surface area contributed by atoms with Crippen LogP contribution in [0.25, 0.3) is 0 Å². The van der Waals surface area contributed by atoms with Gasteiger partial charge < -0.3 is 0 Å². The lowest BCUT2D eigenvalue weighted by Crippen LogP contribution is -1.74. The third-order valence-electron chi connectivity index (χ3n) is 0.232. The van der Waals surface area contributed by atoms with Crippen LogP contribution in [0, 0.1) is 5.16 Å². The third kappa shape index (κ3) is 9.58. The Kier molecular flexibility index (Phi) is 3.90. The van der Waals surface area contributed by atoms with Gasteiger partial charge in [0.15, 0.2) is 0 Å². The molecule has 0 aromatic rings. The maximum absolute atomic E-state index is 6.84. The van der Waals surface area contributed by atoms with Crippen LogP contribution in [0.5, 0.6) is 0 Å². The number of hydrogen-bond donors (Lipinski definition) is 2. The van der Waals surface area contributed by atoms with E-state index in [0.29, 0.717) is 0 Å². The summed E-state index contributed by atoms with van der Waals surface area (Å²) in [6, 6.07) is 0. The standard InChI is InChI=1S/Cl4H3N3P2/c1-8(2,5)7-9(3,4)6/h5H,6H2. The molecule has 9 heavy (non-hydrogen) atoms. The molecule has 0 unspecified atom stereocenters. The van der Waals surface area contributed by atoms with Gasteiger partial charge in [-0.1, -0.05) is 0 Å². The maximum atomic E-state index is 6.84. The molecule has 0 heterocycles. The monoisotopic (exact) mass is 247 g/mol. The minimum absolute atomic E-state index is 2.87. The molecule has 3 nitrogen and oxygen atoms in total. The van der Waals surface area contributed by atoms with E-state index < -0.39 is 11.8 Å². The van der Waals surface area contributed by atoms with Crippen LogP contribution in [0.3, 0.4) is 0 Å². The van der Waals surface area contributed by atoms with E-state index in [1.807, 2.05) is 0 Å². The van der Waals surface area contributed by atoms with Crippen LogP contribution in [0.2, 0.25) is 0 Å². The SMILES string of the molecule is N=P(Cl)(Cl)N=P(N)(Cl)Cl. The van der Waals surface area contributed by atoms with E-state index in [9.17, 15) is 0 Å². The molecule has 0 bridgehead atoms. The molecule has 0 aliphatic heterocycles. The van der Waals surface area contributed by atoms with Crippen molar-refractivity contribution in [1.82, 2.24) is 0 Å². The summed E-state index contributed by atoms with van der Waals surface area (Å²) >= 11 is 20.8. The second-order valence-corrected chi connectivity index (χ2v) is 10.9. The first-order valence-corrected chi connectivity index (χ1v) is 8.73. The molecule has 0 rings (SSSR count). The fraction of sp³-hybridized carbons (Fsp3) is 0. The van der Waals surface area contributed by atoms with E-state index in [2.05, 4.69) is 4.52 Å². The van der Waals surface area contributed by atoms with Gasteiger partial charge >= 0.3 is 0 Å². The summed E-state index contributed by atoms with van der Waals surface area (Å²) in [6.07, 6.45) is 0. The highest BCUT2D eigenvalue weighted by Crippen LogP contribution is 2.69. The summed E-state index contributed by atoms with van der Waals surface area (Å²) < 4.78 is 3.27. The minimum Gasteiger partial charge on any atom is -0.273 e. The summed E-state index contributed by atoms with van der Waals surface area (Å²) in [5.74, 6) is -5.93. The lowest BCUT2D eigenvalue weighted by atomic mass is 13.9. The lowest BCUT2D eigenvalue weighted by Gasteiger charge is -2.01. The van der Waals surface area contributed by atoms with E-state index in [-0.39, 0.29) is 0 Å². The van der Waals surface area contributed by atoms with Gasteiger partial charge in [0, 0.05) is 0 Å². The van der Waals surface area contributed by atoms with Crippen LogP contribution >= 0.6 is 56.8 Å². The van der Waals surface area contributed by atoms with Gasteiger partial charge in [0.1, 0.15) is 0 Å². The van der Waals surface area contributed by atoms with Gasteiger partial charge in [-0.3, -0.25) is 10.7 Å². The number of rotatable bonds is 1. The predicted octanol–water partition coefficient (Wildman–Crippen LogP) is 4.37. The fourth-order valence-electron chi connectivity index (χ4n) is 0.150. The summed E-state index contributed by atoms with van der Waals surface area (Å²) in [6.45, 7) is 0. The lowest BCUT2D eigenvalue weighted by molar-refractivity contribution is 1.61. The molecule has 0 aliphatic rings. The van der Waals surface area contributed by atoms with Crippen molar-refractivity contribution in [2.24, 2.45) is 10.0 Å². The van der Waals surface area contributed by atoms with Gasteiger partial charge in [0.05, 0.1) is 0 Å². The Labute approximate surface area is 72.0 Å². The smallest absolute Gasteiger partial charge is 0.247 e. The van der Waals surface area contributed by atoms with Crippen molar-refractivity contribution in [3.8, 4) is 0 Å². The second-order valence-electron chi connectivity index (χ2n) is 1.10. The van der Waals surface area contributed by atoms with Crippen molar-refractivity contribution in [3.05, 3.63) is 0 Å².